The molecule has 0 radical (unpaired) electrons. The predicted molar refractivity (Wildman–Crippen MR) is 62.5 cm³/mol. The van der Waals surface area contributed by atoms with Gasteiger partial charge in [-0.15, -0.1) is 0 Å². The van der Waals surface area contributed by atoms with Crippen molar-refractivity contribution in [2.45, 2.75) is 19.4 Å². The van der Waals surface area contributed by atoms with E-state index in [-0.39, 0.29) is 6.10 Å². The lowest BCUT2D eigenvalue weighted by Gasteiger charge is -2.27. The smallest absolute Gasteiger partial charge is 0.142 e. The zero-order chi connectivity index (χ0) is 10.5. The fraction of sp³-hybridized carbons (Fsp3) is 0.500. The molecular formula is C12H18N2O. The molecule has 1 heterocycles. The highest BCUT2D eigenvalue weighted by Gasteiger charge is 2.17. The molecule has 15 heavy (non-hydrogen) atoms. The maximum Gasteiger partial charge on any atom is 0.142 e. The van der Waals surface area contributed by atoms with Crippen molar-refractivity contribution in [3.63, 3.8) is 0 Å². The first-order chi connectivity index (χ1) is 7.40. The lowest BCUT2D eigenvalue weighted by atomic mass is 10.2. The van der Waals surface area contributed by atoms with Gasteiger partial charge in [-0.1, -0.05) is 19.1 Å². The summed E-state index contributed by atoms with van der Waals surface area (Å²) in [5, 5.41) is 6.75. The van der Waals surface area contributed by atoms with Crippen LogP contribution >= 0.6 is 0 Å². The van der Waals surface area contributed by atoms with E-state index in [2.05, 4.69) is 17.6 Å². The number of anilines is 1. The maximum absolute atomic E-state index is 5.85. The summed E-state index contributed by atoms with van der Waals surface area (Å²) in [6, 6.07) is 8.08. The fourth-order valence-electron chi connectivity index (χ4n) is 1.71. The highest BCUT2D eigenvalue weighted by Crippen LogP contribution is 2.27. The van der Waals surface area contributed by atoms with Crippen LogP contribution < -0.4 is 15.4 Å². The van der Waals surface area contributed by atoms with Gasteiger partial charge in [0, 0.05) is 6.54 Å². The quantitative estimate of drug-likeness (QED) is 0.738. The minimum Gasteiger partial charge on any atom is -0.485 e. The second-order valence-corrected chi connectivity index (χ2v) is 3.82. The summed E-state index contributed by atoms with van der Waals surface area (Å²) < 4.78 is 5.85. The van der Waals surface area contributed by atoms with Gasteiger partial charge in [-0.25, -0.2) is 0 Å². The summed E-state index contributed by atoms with van der Waals surface area (Å²) >= 11 is 0. The van der Waals surface area contributed by atoms with E-state index >= 15 is 0 Å². The van der Waals surface area contributed by atoms with E-state index < -0.39 is 0 Å². The Labute approximate surface area is 90.8 Å². The summed E-state index contributed by atoms with van der Waals surface area (Å²) in [6.45, 7) is 5.02. The number of fused-ring (bicyclic) bond motifs is 1. The van der Waals surface area contributed by atoms with Crippen LogP contribution in [-0.4, -0.2) is 25.7 Å². The molecule has 0 spiro atoms. The van der Waals surface area contributed by atoms with Crippen molar-refractivity contribution in [2.24, 2.45) is 0 Å². The average molecular weight is 206 g/mol. The van der Waals surface area contributed by atoms with Crippen LogP contribution in [0.2, 0.25) is 0 Å². The molecule has 0 aliphatic carbocycles. The highest BCUT2D eigenvalue weighted by molar-refractivity contribution is 5.57. The Bertz CT molecular complexity index is 314. The van der Waals surface area contributed by atoms with Crippen molar-refractivity contribution >= 4 is 5.69 Å². The van der Waals surface area contributed by atoms with E-state index in [9.17, 15) is 0 Å². The third-order valence-corrected chi connectivity index (χ3v) is 2.50. The Hall–Kier alpha value is -1.22. The van der Waals surface area contributed by atoms with E-state index in [1.807, 2.05) is 24.3 Å². The van der Waals surface area contributed by atoms with Crippen LogP contribution in [-0.2, 0) is 0 Å². The predicted octanol–water partition coefficient (Wildman–Crippen LogP) is 1.86. The van der Waals surface area contributed by atoms with Crippen LogP contribution in [0.5, 0.6) is 5.75 Å². The third-order valence-electron chi connectivity index (χ3n) is 2.50. The standard InChI is InChI=1S/C12H18N2O/c1-2-7-13-8-10-9-14-11-5-3-4-6-12(11)15-10/h3-6,10,13-14H,2,7-9H2,1H3. The normalized spacial score (nSPS) is 18.9. The Kier molecular flexibility index (Phi) is 3.45. The molecule has 0 bridgehead atoms. The van der Waals surface area contributed by atoms with Crippen molar-refractivity contribution in [1.29, 1.82) is 0 Å². The second-order valence-electron chi connectivity index (χ2n) is 3.82. The van der Waals surface area contributed by atoms with Crippen LogP contribution in [0.4, 0.5) is 5.69 Å². The zero-order valence-corrected chi connectivity index (χ0v) is 9.12. The molecule has 1 aliphatic rings. The molecule has 0 saturated heterocycles. The summed E-state index contributed by atoms with van der Waals surface area (Å²) in [7, 11) is 0. The van der Waals surface area contributed by atoms with Crippen molar-refractivity contribution < 1.29 is 4.74 Å². The first-order valence-electron chi connectivity index (χ1n) is 5.60. The number of ether oxygens (including phenoxy) is 1. The Morgan fingerprint density at radius 3 is 3.20 bits per heavy atom. The van der Waals surface area contributed by atoms with E-state index in [1.54, 1.807) is 0 Å². The van der Waals surface area contributed by atoms with Crippen molar-refractivity contribution in [1.82, 2.24) is 5.32 Å². The van der Waals surface area contributed by atoms with E-state index in [4.69, 9.17) is 4.74 Å². The van der Waals surface area contributed by atoms with Crippen LogP contribution in [0, 0.1) is 0 Å². The number of hydrogen-bond acceptors (Lipinski definition) is 3. The van der Waals surface area contributed by atoms with Crippen LogP contribution in [0.15, 0.2) is 24.3 Å². The molecule has 0 amide bonds. The van der Waals surface area contributed by atoms with Gasteiger partial charge >= 0.3 is 0 Å². The van der Waals surface area contributed by atoms with Gasteiger partial charge in [0.2, 0.25) is 0 Å². The Morgan fingerprint density at radius 2 is 2.33 bits per heavy atom. The van der Waals surface area contributed by atoms with Crippen molar-refractivity contribution in [3.8, 4) is 5.75 Å². The van der Waals surface area contributed by atoms with Crippen LogP contribution in [0.25, 0.3) is 0 Å². The fourth-order valence-corrected chi connectivity index (χ4v) is 1.71. The molecule has 82 valence electrons. The molecule has 2 rings (SSSR count). The lowest BCUT2D eigenvalue weighted by molar-refractivity contribution is 0.202. The first-order valence-corrected chi connectivity index (χ1v) is 5.60. The molecular weight excluding hydrogens is 188 g/mol. The van der Waals surface area contributed by atoms with Gasteiger partial charge in [0.1, 0.15) is 11.9 Å². The topological polar surface area (TPSA) is 33.3 Å². The average Bonchev–Trinajstić information content (AvgIpc) is 2.29. The minimum absolute atomic E-state index is 0.242. The molecule has 1 aliphatic heterocycles. The molecule has 1 aromatic rings. The molecule has 0 fully saturated rings. The van der Waals surface area contributed by atoms with Gasteiger partial charge in [0.15, 0.2) is 0 Å². The van der Waals surface area contributed by atoms with Gasteiger partial charge < -0.3 is 15.4 Å². The van der Waals surface area contributed by atoms with Gasteiger partial charge in [0.05, 0.1) is 12.2 Å². The minimum atomic E-state index is 0.242. The number of rotatable bonds is 4. The SMILES string of the molecule is CCCNCC1CNc2ccccc2O1. The number of nitrogens with one attached hydrogen (secondary N) is 2. The van der Waals surface area contributed by atoms with E-state index in [1.165, 1.54) is 0 Å². The Morgan fingerprint density at radius 1 is 1.47 bits per heavy atom. The largest absolute Gasteiger partial charge is 0.485 e. The highest BCUT2D eigenvalue weighted by atomic mass is 16.5. The molecule has 1 atom stereocenters. The van der Waals surface area contributed by atoms with Gasteiger partial charge in [0.25, 0.3) is 0 Å². The third kappa shape index (κ3) is 2.63. The number of benzene rings is 1. The molecule has 0 aromatic heterocycles. The first kappa shape index (κ1) is 10.3. The number of para-hydroxylation sites is 2. The molecule has 1 aromatic carbocycles. The summed E-state index contributed by atoms with van der Waals surface area (Å²) in [4.78, 5) is 0. The van der Waals surface area contributed by atoms with Crippen LogP contribution in [0.3, 0.4) is 0 Å². The number of hydrogen-bond donors (Lipinski definition) is 2. The van der Waals surface area contributed by atoms with Gasteiger partial charge in [-0.3, -0.25) is 0 Å². The van der Waals surface area contributed by atoms with Crippen molar-refractivity contribution in [3.05, 3.63) is 24.3 Å². The van der Waals surface area contributed by atoms with Gasteiger partial charge in [-0.2, -0.15) is 0 Å². The van der Waals surface area contributed by atoms with Crippen molar-refractivity contribution in [2.75, 3.05) is 25.0 Å². The summed E-state index contributed by atoms with van der Waals surface area (Å²) in [5.74, 6) is 0.965. The molecule has 3 nitrogen and oxygen atoms in total. The van der Waals surface area contributed by atoms with E-state index in [0.717, 1.165) is 37.5 Å². The molecule has 3 heteroatoms. The monoisotopic (exact) mass is 206 g/mol. The van der Waals surface area contributed by atoms with E-state index in [0.29, 0.717) is 0 Å². The van der Waals surface area contributed by atoms with Gasteiger partial charge in [-0.05, 0) is 25.1 Å². The zero-order valence-electron chi connectivity index (χ0n) is 9.12. The van der Waals surface area contributed by atoms with Crippen LogP contribution in [0.1, 0.15) is 13.3 Å². The maximum atomic E-state index is 5.85. The second kappa shape index (κ2) is 5.03. The summed E-state index contributed by atoms with van der Waals surface area (Å²) in [5.41, 5.74) is 1.10. The molecule has 1 unspecified atom stereocenters. The lowest BCUT2D eigenvalue weighted by Crippen LogP contribution is -2.39. The molecule has 2 N–H and O–H groups in total. The summed E-state index contributed by atoms with van der Waals surface area (Å²) in [6.07, 6.45) is 1.41. The Balaban J connectivity index is 1.88. The molecule has 0 saturated carbocycles.